The molecular formula is C15H22N2O3S. The fourth-order valence-electron chi connectivity index (χ4n) is 3.06. The quantitative estimate of drug-likeness (QED) is 0.818. The van der Waals surface area contributed by atoms with Gasteiger partial charge in [0, 0.05) is 32.2 Å². The highest BCUT2D eigenvalue weighted by atomic mass is 32.2. The highest BCUT2D eigenvalue weighted by Gasteiger charge is 2.36. The third kappa shape index (κ3) is 2.85. The van der Waals surface area contributed by atoms with Crippen molar-refractivity contribution in [3.05, 3.63) is 29.3 Å². The van der Waals surface area contributed by atoms with Crippen molar-refractivity contribution in [1.29, 1.82) is 0 Å². The van der Waals surface area contributed by atoms with Crippen LogP contribution in [0.25, 0.3) is 0 Å². The van der Waals surface area contributed by atoms with E-state index in [0.717, 1.165) is 30.8 Å². The number of hydrogen-bond donors (Lipinski definition) is 0. The maximum atomic E-state index is 12.9. The lowest BCUT2D eigenvalue weighted by Gasteiger charge is -2.43. The Labute approximate surface area is 126 Å². The Balaban J connectivity index is 1.86. The van der Waals surface area contributed by atoms with Crippen LogP contribution in [0.15, 0.2) is 23.1 Å². The van der Waals surface area contributed by atoms with Gasteiger partial charge in [0.05, 0.1) is 18.1 Å². The molecule has 0 N–H and O–H groups in total. The molecule has 1 atom stereocenters. The van der Waals surface area contributed by atoms with Gasteiger partial charge >= 0.3 is 0 Å². The summed E-state index contributed by atoms with van der Waals surface area (Å²) >= 11 is 0. The van der Waals surface area contributed by atoms with Gasteiger partial charge < -0.3 is 4.74 Å². The standard InChI is InChI=1S/C15H22N2O3S/c1-12-3-4-13(2)15(9-12)21(18,19)17-6-5-16-7-8-20-11-14(16)10-17/h3-4,9,14H,5-8,10-11H2,1-2H3. The van der Waals surface area contributed by atoms with Crippen LogP contribution in [0, 0.1) is 13.8 Å². The SMILES string of the molecule is Cc1ccc(C)c(S(=O)(=O)N2CCN3CCOCC3C2)c1. The molecule has 0 bridgehead atoms. The van der Waals surface area contributed by atoms with E-state index in [0.29, 0.717) is 24.6 Å². The Bertz CT molecular complexity index is 630. The summed E-state index contributed by atoms with van der Waals surface area (Å²) in [5.41, 5.74) is 1.78. The van der Waals surface area contributed by atoms with Crippen molar-refractivity contribution in [2.24, 2.45) is 0 Å². The van der Waals surface area contributed by atoms with Gasteiger partial charge in [-0.2, -0.15) is 4.31 Å². The molecule has 0 amide bonds. The Kier molecular flexibility index (Phi) is 4.05. The Morgan fingerprint density at radius 3 is 2.81 bits per heavy atom. The molecule has 0 aromatic heterocycles. The summed E-state index contributed by atoms with van der Waals surface area (Å²) in [5, 5.41) is 0. The fourth-order valence-corrected chi connectivity index (χ4v) is 4.84. The van der Waals surface area contributed by atoms with Crippen LogP contribution >= 0.6 is 0 Å². The van der Waals surface area contributed by atoms with Crippen LogP contribution in [0.4, 0.5) is 0 Å². The van der Waals surface area contributed by atoms with Crippen molar-refractivity contribution < 1.29 is 13.2 Å². The summed E-state index contributed by atoms with van der Waals surface area (Å²) in [6.45, 7) is 7.93. The molecule has 6 heteroatoms. The first-order valence-electron chi connectivity index (χ1n) is 7.38. The van der Waals surface area contributed by atoms with E-state index in [1.54, 1.807) is 10.4 Å². The van der Waals surface area contributed by atoms with Crippen LogP contribution in [0.5, 0.6) is 0 Å². The third-order valence-corrected chi connectivity index (χ3v) is 6.37. The molecule has 0 radical (unpaired) electrons. The molecule has 1 unspecified atom stereocenters. The van der Waals surface area contributed by atoms with Crippen LogP contribution in [0.2, 0.25) is 0 Å². The lowest BCUT2D eigenvalue weighted by atomic mass is 10.2. The maximum Gasteiger partial charge on any atom is 0.243 e. The first kappa shape index (κ1) is 15.0. The van der Waals surface area contributed by atoms with E-state index in [1.165, 1.54) is 0 Å². The van der Waals surface area contributed by atoms with E-state index in [4.69, 9.17) is 4.74 Å². The largest absolute Gasteiger partial charge is 0.378 e. The molecule has 2 aliphatic heterocycles. The van der Waals surface area contributed by atoms with Gasteiger partial charge in [0.2, 0.25) is 10.0 Å². The molecule has 1 aromatic rings. The van der Waals surface area contributed by atoms with Crippen molar-refractivity contribution in [2.75, 3.05) is 39.4 Å². The number of rotatable bonds is 2. The van der Waals surface area contributed by atoms with Gasteiger partial charge in [-0.1, -0.05) is 12.1 Å². The zero-order chi connectivity index (χ0) is 15.0. The second-order valence-corrected chi connectivity index (χ2v) is 7.80. The molecule has 0 spiro atoms. The summed E-state index contributed by atoms with van der Waals surface area (Å²) in [7, 11) is -3.41. The number of piperazine rings is 1. The van der Waals surface area contributed by atoms with Crippen LogP contribution in [0.3, 0.4) is 0 Å². The molecule has 2 saturated heterocycles. The summed E-state index contributed by atoms with van der Waals surface area (Å²) in [5.74, 6) is 0. The average Bonchev–Trinajstić information content (AvgIpc) is 2.49. The molecule has 2 aliphatic rings. The van der Waals surface area contributed by atoms with Crippen LogP contribution in [-0.2, 0) is 14.8 Å². The van der Waals surface area contributed by atoms with Crippen molar-refractivity contribution in [2.45, 2.75) is 24.8 Å². The van der Waals surface area contributed by atoms with Gasteiger partial charge in [0.1, 0.15) is 0 Å². The minimum absolute atomic E-state index is 0.187. The van der Waals surface area contributed by atoms with E-state index < -0.39 is 10.0 Å². The molecular weight excluding hydrogens is 288 g/mol. The molecule has 2 heterocycles. The van der Waals surface area contributed by atoms with Gasteiger partial charge in [-0.05, 0) is 31.0 Å². The summed E-state index contributed by atoms with van der Waals surface area (Å²) < 4.78 is 32.9. The lowest BCUT2D eigenvalue weighted by Crippen LogP contribution is -2.59. The monoisotopic (exact) mass is 310 g/mol. The Morgan fingerprint density at radius 2 is 2.00 bits per heavy atom. The van der Waals surface area contributed by atoms with E-state index in [9.17, 15) is 8.42 Å². The number of ether oxygens (including phenoxy) is 1. The number of morpholine rings is 1. The van der Waals surface area contributed by atoms with E-state index in [-0.39, 0.29) is 6.04 Å². The highest BCUT2D eigenvalue weighted by Crippen LogP contribution is 2.24. The minimum Gasteiger partial charge on any atom is -0.378 e. The fraction of sp³-hybridized carbons (Fsp3) is 0.600. The van der Waals surface area contributed by atoms with Gasteiger partial charge in [-0.15, -0.1) is 0 Å². The van der Waals surface area contributed by atoms with Crippen molar-refractivity contribution in [3.63, 3.8) is 0 Å². The predicted octanol–water partition coefficient (Wildman–Crippen LogP) is 1.01. The third-order valence-electron chi connectivity index (χ3n) is 4.36. The smallest absolute Gasteiger partial charge is 0.243 e. The van der Waals surface area contributed by atoms with Crippen LogP contribution in [0.1, 0.15) is 11.1 Å². The molecule has 3 rings (SSSR count). The molecule has 5 nitrogen and oxygen atoms in total. The van der Waals surface area contributed by atoms with Gasteiger partial charge in [0.15, 0.2) is 0 Å². The number of sulfonamides is 1. The molecule has 21 heavy (non-hydrogen) atoms. The Morgan fingerprint density at radius 1 is 1.19 bits per heavy atom. The molecule has 116 valence electrons. The summed E-state index contributed by atoms with van der Waals surface area (Å²) in [6, 6.07) is 5.78. The molecule has 0 aliphatic carbocycles. The highest BCUT2D eigenvalue weighted by molar-refractivity contribution is 7.89. The van der Waals surface area contributed by atoms with Gasteiger partial charge in [-0.25, -0.2) is 8.42 Å². The maximum absolute atomic E-state index is 12.9. The second kappa shape index (κ2) is 5.68. The van der Waals surface area contributed by atoms with E-state index in [1.807, 2.05) is 26.0 Å². The van der Waals surface area contributed by atoms with E-state index in [2.05, 4.69) is 4.90 Å². The normalized spacial score (nSPS) is 24.8. The minimum atomic E-state index is -3.41. The number of nitrogens with zero attached hydrogens (tertiary/aromatic N) is 2. The zero-order valence-corrected chi connectivity index (χ0v) is 13.4. The predicted molar refractivity (Wildman–Crippen MR) is 80.9 cm³/mol. The Hall–Kier alpha value is -0.950. The molecule has 2 fully saturated rings. The van der Waals surface area contributed by atoms with Gasteiger partial charge in [0.25, 0.3) is 0 Å². The first-order chi connectivity index (χ1) is 9.98. The van der Waals surface area contributed by atoms with Crippen molar-refractivity contribution in [1.82, 2.24) is 9.21 Å². The topological polar surface area (TPSA) is 49.9 Å². The average molecular weight is 310 g/mol. The molecule has 0 saturated carbocycles. The van der Waals surface area contributed by atoms with Crippen LogP contribution < -0.4 is 0 Å². The summed E-state index contributed by atoms with van der Waals surface area (Å²) in [4.78, 5) is 2.77. The molecule has 1 aromatic carbocycles. The number of hydrogen-bond acceptors (Lipinski definition) is 4. The van der Waals surface area contributed by atoms with Crippen molar-refractivity contribution in [3.8, 4) is 0 Å². The number of aryl methyl sites for hydroxylation is 2. The van der Waals surface area contributed by atoms with Crippen molar-refractivity contribution >= 4 is 10.0 Å². The van der Waals surface area contributed by atoms with E-state index >= 15 is 0 Å². The number of fused-ring (bicyclic) bond motifs is 1. The first-order valence-corrected chi connectivity index (χ1v) is 8.82. The number of benzene rings is 1. The summed E-state index contributed by atoms with van der Waals surface area (Å²) in [6.07, 6.45) is 0. The van der Waals surface area contributed by atoms with Crippen LogP contribution in [-0.4, -0.2) is 63.1 Å². The second-order valence-electron chi connectivity index (χ2n) is 5.90. The lowest BCUT2D eigenvalue weighted by molar-refractivity contribution is -0.0304. The van der Waals surface area contributed by atoms with Gasteiger partial charge in [-0.3, -0.25) is 4.90 Å². The zero-order valence-electron chi connectivity index (χ0n) is 12.6.